The number of hydrogen-bond acceptors (Lipinski definition) is 4. The molecule has 0 saturated carbocycles. The molecule has 1 heterocycles. The van der Waals surface area contributed by atoms with Gasteiger partial charge in [0.05, 0.1) is 11.8 Å². The van der Waals surface area contributed by atoms with E-state index in [-0.39, 0.29) is 11.7 Å². The number of aromatic nitrogens is 1. The number of carbonyl (C=O) groups excluding carboxylic acids is 1. The van der Waals surface area contributed by atoms with E-state index < -0.39 is 4.92 Å². The SMILES string of the molecule is CC(=O)Nc1ccnc([N+](=O)[O-])c1. The highest BCUT2D eigenvalue weighted by molar-refractivity contribution is 5.88. The van der Waals surface area contributed by atoms with Crippen LogP contribution < -0.4 is 5.32 Å². The summed E-state index contributed by atoms with van der Waals surface area (Å²) in [7, 11) is 0. The third-order valence-electron chi connectivity index (χ3n) is 1.25. The van der Waals surface area contributed by atoms with Crippen LogP contribution >= 0.6 is 0 Å². The molecular formula is C7H7N3O3. The Morgan fingerprint density at radius 1 is 1.69 bits per heavy atom. The molecule has 68 valence electrons. The van der Waals surface area contributed by atoms with E-state index in [1.54, 1.807) is 0 Å². The Hall–Kier alpha value is -1.98. The lowest BCUT2D eigenvalue weighted by molar-refractivity contribution is -0.389. The standard InChI is InChI=1S/C7H7N3O3/c1-5(11)9-6-2-3-8-7(4-6)10(12)13/h2-4H,1H3,(H,8,9,11). The Bertz CT molecular complexity index is 351. The summed E-state index contributed by atoms with van der Waals surface area (Å²) in [5.41, 5.74) is 0.370. The molecule has 0 radical (unpaired) electrons. The van der Waals surface area contributed by atoms with Crippen LogP contribution in [0.25, 0.3) is 0 Å². The molecule has 1 N–H and O–H groups in total. The first-order chi connectivity index (χ1) is 6.09. The molecule has 1 rings (SSSR count). The minimum Gasteiger partial charge on any atom is -0.358 e. The number of nitro groups is 1. The van der Waals surface area contributed by atoms with Crippen LogP contribution in [-0.4, -0.2) is 15.8 Å². The quantitative estimate of drug-likeness (QED) is 0.543. The van der Waals surface area contributed by atoms with Gasteiger partial charge in [0.2, 0.25) is 5.91 Å². The Kier molecular flexibility index (Phi) is 2.53. The van der Waals surface area contributed by atoms with Crippen LogP contribution in [0, 0.1) is 10.1 Å². The van der Waals surface area contributed by atoms with E-state index in [0.717, 1.165) is 0 Å². The molecule has 0 aliphatic carbocycles. The van der Waals surface area contributed by atoms with Crippen molar-refractivity contribution in [1.82, 2.24) is 4.98 Å². The lowest BCUT2D eigenvalue weighted by Gasteiger charge is -1.99. The zero-order valence-electron chi connectivity index (χ0n) is 6.85. The van der Waals surface area contributed by atoms with Gasteiger partial charge < -0.3 is 15.4 Å². The van der Waals surface area contributed by atoms with Crippen LogP contribution in [0.3, 0.4) is 0 Å². The van der Waals surface area contributed by atoms with Gasteiger partial charge in [-0.2, -0.15) is 0 Å². The molecule has 0 fully saturated rings. The van der Waals surface area contributed by atoms with Gasteiger partial charge in [-0.25, -0.2) is 0 Å². The maximum atomic E-state index is 10.6. The van der Waals surface area contributed by atoms with Gasteiger partial charge in [0.1, 0.15) is 6.20 Å². The highest BCUT2D eigenvalue weighted by Crippen LogP contribution is 2.13. The van der Waals surface area contributed by atoms with Crippen molar-refractivity contribution in [1.29, 1.82) is 0 Å². The Balaban J connectivity index is 2.91. The largest absolute Gasteiger partial charge is 0.365 e. The maximum absolute atomic E-state index is 10.6. The Morgan fingerprint density at radius 3 is 2.92 bits per heavy atom. The Morgan fingerprint density at radius 2 is 2.38 bits per heavy atom. The van der Waals surface area contributed by atoms with Crippen molar-refractivity contribution < 1.29 is 9.72 Å². The number of hydrogen-bond donors (Lipinski definition) is 1. The van der Waals surface area contributed by atoms with Crippen molar-refractivity contribution in [2.24, 2.45) is 0 Å². The van der Waals surface area contributed by atoms with Gasteiger partial charge in [0.15, 0.2) is 0 Å². The monoisotopic (exact) mass is 181 g/mol. The molecule has 0 spiro atoms. The first-order valence-electron chi connectivity index (χ1n) is 3.47. The number of nitrogens with one attached hydrogen (secondary N) is 1. The first kappa shape index (κ1) is 9.11. The fourth-order valence-electron chi connectivity index (χ4n) is 0.799. The number of nitrogens with zero attached hydrogens (tertiary/aromatic N) is 2. The van der Waals surface area contributed by atoms with E-state index in [2.05, 4.69) is 10.3 Å². The molecule has 0 bridgehead atoms. The number of carbonyl (C=O) groups is 1. The third kappa shape index (κ3) is 2.51. The van der Waals surface area contributed by atoms with Gasteiger partial charge in [0, 0.05) is 13.0 Å². The van der Waals surface area contributed by atoms with Crippen molar-refractivity contribution in [2.75, 3.05) is 5.32 Å². The van der Waals surface area contributed by atoms with Crippen molar-refractivity contribution in [2.45, 2.75) is 6.92 Å². The van der Waals surface area contributed by atoms with Gasteiger partial charge >= 0.3 is 5.82 Å². The predicted octanol–water partition coefficient (Wildman–Crippen LogP) is 0.948. The molecule has 1 amide bonds. The second-order valence-corrected chi connectivity index (χ2v) is 2.34. The number of pyridine rings is 1. The van der Waals surface area contributed by atoms with Gasteiger partial charge in [-0.05, 0) is 9.91 Å². The van der Waals surface area contributed by atoms with Crippen LogP contribution in [0.5, 0.6) is 0 Å². The molecule has 1 aromatic rings. The minimum atomic E-state index is -0.620. The summed E-state index contributed by atoms with van der Waals surface area (Å²) in [6.07, 6.45) is 1.27. The zero-order chi connectivity index (χ0) is 9.84. The molecule has 0 aliphatic rings. The van der Waals surface area contributed by atoms with E-state index in [4.69, 9.17) is 0 Å². The zero-order valence-corrected chi connectivity index (χ0v) is 6.85. The number of anilines is 1. The Labute approximate surface area is 73.7 Å². The summed E-state index contributed by atoms with van der Waals surface area (Å²) in [6.45, 7) is 1.33. The summed E-state index contributed by atoms with van der Waals surface area (Å²) in [5.74, 6) is -0.563. The maximum Gasteiger partial charge on any atom is 0.365 e. The highest BCUT2D eigenvalue weighted by atomic mass is 16.6. The molecule has 0 saturated heterocycles. The van der Waals surface area contributed by atoms with Gasteiger partial charge in [-0.1, -0.05) is 0 Å². The second kappa shape index (κ2) is 3.61. The summed E-state index contributed by atoms with van der Waals surface area (Å²) >= 11 is 0. The van der Waals surface area contributed by atoms with E-state index in [1.165, 1.54) is 25.3 Å². The van der Waals surface area contributed by atoms with Gasteiger partial charge in [0.25, 0.3) is 0 Å². The molecule has 13 heavy (non-hydrogen) atoms. The smallest absolute Gasteiger partial charge is 0.358 e. The molecule has 0 aliphatic heterocycles. The molecule has 6 heteroatoms. The molecule has 0 atom stereocenters. The van der Waals surface area contributed by atoms with Crippen LogP contribution in [0.4, 0.5) is 11.5 Å². The lowest BCUT2D eigenvalue weighted by atomic mass is 10.4. The van der Waals surface area contributed by atoms with Crippen LogP contribution in [-0.2, 0) is 4.79 Å². The molecule has 1 aromatic heterocycles. The van der Waals surface area contributed by atoms with Crippen LogP contribution in [0.1, 0.15) is 6.92 Å². The highest BCUT2D eigenvalue weighted by Gasteiger charge is 2.07. The van der Waals surface area contributed by atoms with Crippen molar-refractivity contribution in [3.8, 4) is 0 Å². The lowest BCUT2D eigenvalue weighted by Crippen LogP contribution is -2.06. The van der Waals surface area contributed by atoms with Crippen molar-refractivity contribution in [3.63, 3.8) is 0 Å². The van der Waals surface area contributed by atoms with Gasteiger partial charge in [-0.3, -0.25) is 4.79 Å². The minimum absolute atomic E-state index is 0.277. The predicted molar refractivity (Wildman–Crippen MR) is 45.2 cm³/mol. The van der Waals surface area contributed by atoms with E-state index >= 15 is 0 Å². The average molecular weight is 181 g/mol. The second-order valence-electron chi connectivity index (χ2n) is 2.34. The number of amides is 1. The van der Waals surface area contributed by atoms with Crippen molar-refractivity contribution in [3.05, 3.63) is 28.4 Å². The average Bonchev–Trinajstić information content (AvgIpc) is 2.03. The third-order valence-corrected chi connectivity index (χ3v) is 1.25. The summed E-state index contributed by atoms with van der Waals surface area (Å²) < 4.78 is 0. The van der Waals surface area contributed by atoms with E-state index in [9.17, 15) is 14.9 Å². The summed E-state index contributed by atoms with van der Waals surface area (Å²) in [5, 5.41) is 12.7. The van der Waals surface area contributed by atoms with Crippen LogP contribution in [0.15, 0.2) is 18.3 Å². The van der Waals surface area contributed by atoms with E-state index in [0.29, 0.717) is 5.69 Å². The summed E-state index contributed by atoms with van der Waals surface area (Å²) in [4.78, 5) is 23.7. The fraction of sp³-hybridized carbons (Fsp3) is 0.143. The fourth-order valence-corrected chi connectivity index (χ4v) is 0.799. The topological polar surface area (TPSA) is 85.1 Å². The number of rotatable bonds is 2. The van der Waals surface area contributed by atoms with Crippen LogP contribution in [0.2, 0.25) is 0 Å². The summed E-state index contributed by atoms with van der Waals surface area (Å²) in [6, 6.07) is 2.68. The molecular weight excluding hydrogens is 174 g/mol. The van der Waals surface area contributed by atoms with Crippen molar-refractivity contribution >= 4 is 17.4 Å². The van der Waals surface area contributed by atoms with Gasteiger partial charge in [-0.15, -0.1) is 0 Å². The normalized spacial score (nSPS) is 9.31. The molecule has 0 unspecified atom stereocenters. The molecule has 6 nitrogen and oxygen atoms in total. The van der Waals surface area contributed by atoms with E-state index in [1.807, 2.05) is 0 Å². The first-order valence-corrected chi connectivity index (χ1v) is 3.47. The molecule has 0 aromatic carbocycles.